The number of methoxy groups -OCH3 is 2. The van der Waals surface area contributed by atoms with Gasteiger partial charge in [0.05, 0.1) is 49.8 Å². The summed E-state index contributed by atoms with van der Waals surface area (Å²) < 4.78 is 88.0. The molecule has 0 spiro atoms. The Hall–Kier alpha value is -4.29. The Morgan fingerprint density at radius 1 is 0.787 bits per heavy atom. The second kappa shape index (κ2) is 14.2. The van der Waals surface area contributed by atoms with Crippen LogP contribution in [-0.4, -0.2) is 58.8 Å². The highest BCUT2D eigenvalue weighted by molar-refractivity contribution is 14.1. The maximum absolute atomic E-state index is 12.9. The van der Waals surface area contributed by atoms with Crippen LogP contribution in [0.15, 0.2) is 48.5 Å². The van der Waals surface area contributed by atoms with Gasteiger partial charge in [-0.15, -0.1) is 0 Å². The molecule has 0 unspecified atom stereocenters. The van der Waals surface area contributed by atoms with E-state index in [2.05, 4.69) is 20.3 Å². The molecule has 10 nitrogen and oxygen atoms in total. The molecule has 2 aromatic heterocycles. The van der Waals surface area contributed by atoms with E-state index >= 15 is 0 Å². The van der Waals surface area contributed by atoms with Crippen LogP contribution in [0, 0.1) is 17.4 Å². The number of carbonyl (C=O) groups is 2. The molecule has 0 atom stereocenters. The highest BCUT2D eigenvalue weighted by atomic mass is 127. The van der Waals surface area contributed by atoms with Crippen LogP contribution < -0.4 is 10.2 Å². The number of ether oxygens (including phenoxy) is 2. The van der Waals surface area contributed by atoms with Crippen LogP contribution >= 0.6 is 22.6 Å². The summed E-state index contributed by atoms with van der Waals surface area (Å²) in [7, 11) is 2.64. The van der Waals surface area contributed by atoms with Gasteiger partial charge in [-0.3, -0.25) is 0 Å². The topological polar surface area (TPSA) is 104 Å². The molecule has 252 valence electrons. The lowest BCUT2D eigenvalue weighted by atomic mass is 10.1. The Balaban J connectivity index is 0.000000176. The van der Waals surface area contributed by atoms with Crippen LogP contribution in [0.5, 0.6) is 0 Å². The molecule has 4 aromatic rings. The first kappa shape index (κ1) is 35.6. The highest BCUT2D eigenvalue weighted by Crippen LogP contribution is 2.38. The van der Waals surface area contributed by atoms with E-state index in [-0.39, 0.29) is 11.5 Å². The summed E-state index contributed by atoms with van der Waals surface area (Å²) in [4.78, 5) is 25.0. The third-order valence-electron chi connectivity index (χ3n) is 7.05. The zero-order valence-electron chi connectivity index (χ0n) is 25.5. The molecule has 0 aliphatic carbocycles. The summed E-state index contributed by atoms with van der Waals surface area (Å²) in [5, 5.41) is 11.6. The molecule has 0 amide bonds. The normalized spacial score (nSPS) is 13.4. The standard InChI is InChI=1S/C15H14F3N3O2.C8H11N3O2.C7H4F3I/c1-9-12(14(22)23-2)13-20(6-7-21(13)19-9)11-5-3-4-10(8-11)15(16,17)18;1-5-6(8(12)13-2)7-9-3-4-11(7)10-5;8-7(9,10)5-2-1-3-6(11)4-5/h3-5,8H,6-7H2,1-2H3;9H,3-4H2,1-2H3;1-4H. The smallest absolute Gasteiger partial charge is 0.416 e. The van der Waals surface area contributed by atoms with Gasteiger partial charge in [-0.05, 0) is 72.8 Å². The van der Waals surface area contributed by atoms with E-state index < -0.39 is 29.4 Å². The number of aromatic nitrogens is 4. The third kappa shape index (κ3) is 7.99. The Kier molecular flexibility index (Phi) is 10.8. The fourth-order valence-electron chi connectivity index (χ4n) is 4.96. The molecule has 2 aliphatic rings. The molecule has 0 bridgehead atoms. The summed E-state index contributed by atoms with van der Waals surface area (Å²) in [5.41, 5.74) is 1.08. The number of anilines is 3. The lowest BCUT2D eigenvalue weighted by Gasteiger charge is -2.20. The molecule has 47 heavy (non-hydrogen) atoms. The number of nitrogens with zero attached hydrogens (tertiary/aromatic N) is 5. The van der Waals surface area contributed by atoms with Crippen molar-refractivity contribution in [1.29, 1.82) is 0 Å². The van der Waals surface area contributed by atoms with Crippen molar-refractivity contribution in [3.8, 4) is 0 Å². The minimum Gasteiger partial charge on any atom is -0.465 e. The van der Waals surface area contributed by atoms with Crippen LogP contribution in [0.3, 0.4) is 0 Å². The van der Waals surface area contributed by atoms with Gasteiger partial charge in [0.15, 0.2) is 0 Å². The molecule has 0 radical (unpaired) electrons. The number of nitrogens with one attached hydrogen (secondary N) is 1. The van der Waals surface area contributed by atoms with Crippen LogP contribution in [0.2, 0.25) is 0 Å². The minimum absolute atomic E-state index is 0.280. The van der Waals surface area contributed by atoms with Crippen molar-refractivity contribution < 1.29 is 45.4 Å². The van der Waals surface area contributed by atoms with E-state index in [9.17, 15) is 35.9 Å². The maximum atomic E-state index is 12.9. The number of carbonyl (C=O) groups excluding carboxylic acids is 2. The fourth-order valence-corrected chi connectivity index (χ4v) is 5.50. The number of benzene rings is 2. The minimum atomic E-state index is -4.42. The van der Waals surface area contributed by atoms with Gasteiger partial charge in [-0.1, -0.05) is 12.1 Å². The highest BCUT2D eigenvalue weighted by Gasteiger charge is 2.34. The van der Waals surface area contributed by atoms with E-state index in [0.717, 1.165) is 43.2 Å². The van der Waals surface area contributed by atoms with Gasteiger partial charge < -0.3 is 19.7 Å². The van der Waals surface area contributed by atoms with Crippen molar-refractivity contribution in [2.45, 2.75) is 39.3 Å². The monoisotopic (exact) mass is 778 g/mol. The summed E-state index contributed by atoms with van der Waals surface area (Å²) in [6.45, 7) is 6.04. The number of esters is 2. The average Bonchev–Trinajstić information content (AvgIpc) is 3.77. The number of aryl methyl sites for hydroxylation is 2. The predicted molar refractivity (Wildman–Crippen MR) is 168 cm³/mol. The number of halogens is 7. The number of hydrogen-bond donors (Lipinski definition) is 1. The predicted octanol–water partition coefficient (Wildman–Crippen LogP) is 6.86. The van der Waals surface area contributed by atoms with Crippen molar-refractivity contribution in [1.82, 2.24) is 19.6 Å². The van der Waals surface area contributed by atoms with Gasteiger partial charge in [-0.2, -0.15) is 36.5 Å². The van der Waals surface area contributed by atoms with E-state index in [4.69, 9.17) is 4.74 Å². The molecule has 4 heterocycles. The van der Waals surface area contributed by atoms with Crippen LogP contribution in [0.4, 0.5) is 43.7 Å². The van der Waals surface area contributed by atoms with E-state index in [1.165, 1.54) is 26.4 Å². The molecular weight excluding hydrogens is 749 g/mol. The summed E-state index contributed by atoms with van der Waals surface area (Å²) >= 11 is 1.85. The lowest BCUT2D eigenvalue weighted by Crippen LogP contribution is -2.18. The summed E-state index contributed by atoms with van der Waals surface area (Å²) in [6.07, 6.45) is -8.64. The van der Waals surface area contributed by atoms with Gasteiger partial charge in [0, 0.05) is 22.3 Å². The zero-order valence-corrected chi connectivity index (χ0v) is 27.6. The molecule has 0 saturated heterocycles. The number of fused-ring (bicyclic) bond motifs is 2. The molecule has 0 fully saturated rings. The summed E-state index contributed by atoms with van der Waals surface area (Å²) in [6, 6.07) is 10.2. The molecule has 2 aliphatic heterocycles. The Bertz CT molecular complexity index is 1770. The molecular formula is C30H29F6IN6O4. The molecule has 2 aromatic carbocycles. The van der Waals surface area contributed by atoms with Gasteiger partial charge in [0.1, 0.15) is 22.8 Å². The lowest BCUT2D eigenvalue weighted by molar-refractivity contribution is -0.138. The second-order valence-electron chi connectivity index (χ2n) is 10.2. The van der Waals surface area contributed by atoms with Gasteiger partial charge in [0.2, 0.25) is 0 Å². The van der Waals surface area contributed by atoms with Crippen LogP contribution in [0.1, 0.15) is 43.2 Å². The first-order chi connectivity index (χ1) is 22.1. The van der Waals surface area contributed by atoms with Gasteiger partial charge in [0.25, 0.3) is 0 Å². The largest absolute Gasteiger partial charge is 0.465 e. The SMILES string of the molecule is COC(=O)c1c(C)nn2c1N(c1cccc(C(F)(F)F)c1)CC2.COC(=O)c1c(C)nn2c1NCC2.FC(F)(F)c1cccc(I)c1. The molecule has 0 saturated carbocycles. The van der Waals surface area contributed by atoms with E-state index in [0.29, 0.717) is 45.1 Å². The zero-order chi connectivity index (χ0) is 34.7. The number of rotatable bonds is 3. The molecule has 6 rings (SSSR count). The first-order valence-corrected chi connectivity index (χ1v) is 15.0. The maximum Gasteiger partial charge on any atom is 0.416 e. The molecule has 1 N–H and O–H groups in total. The summed E-state index contributed by atoms with van der Waals surface area (Å²) in [5.74, 6) is 0.369. The quantitative estimate of drug-likeness (QED) is 0.137. The van der Waals surface area contributed by atoms with Crippen LogP contribution in [-0.2, 0) is 34.9 Å². The van der Waals surface area contributed by atoms with Gasteiger partial charge in [-0.25, -0.2) is 19.0 Å². The molecule has 17 heteroatoms. The van der Waals surface area contributed by atoms with Crippen molar-refractivity contribution in [3.63, 3.8) is 0 Å². The van der Waals surface area contributed by atoms with Crippen LogP contribution in [0.25, 0.3) is 0 Å². The first-order valence-electron chi connectivity index (χ1n) is 13.9. The number of hydrogen-bond acceptors (Lipinski definition) is 8. The third-order valence-corrected chi connectivity index (χ3v) is 7.72. The number of alkyl halides is 6. The average molecular weight is 778 g/mol. The Labute approximate surface area is 278 Å². The van der Waals surface area contributed by atoms with Crippen molar-refractivity contribution >= 4 is 51.9 Å². The Morgan fingerprint density at radius 2 is 1.34 bits per heavy atom. The van der Waals surface area contributed by atoms with E-state index in [1.807, 2.05) is 22.6 Å². The van der Waals surface area contributed by atoms with Crippen molar-refractivity contribution in [2.24, 2.45) is 0 Å². The van der Waals surface area contributed by atoms with E-state index in [1.54, 1.807) is 40.2 Å². The Morgan fingerprint density at radius 3 is 1.91 bits per heavy atom. The van der Waals surface area contributed by atoms with Crippen molar-refractivity contribution in [2.75, 3.05) is 37.5 Å². The van der Waals surface area contributed by atoms with Gasteiger partial charge >= 0.3 is 24.3 Å². The van der Waals surface area contributed by atoms with Crippen molar-refractivity contribution in [3.05, 3.63) is 85.7 Å². The fraction of sp³-hybridized carbons (Fsp3) is 0.333. The second-order valence-corrected chi connectivity index (χ2v) is 11.4.